The summed E-state index contributed by atoms with van der Waals surface area (Å²) in [6, 6.07) is 12.4. The maximum atomic E-state index is 13.2. The molecular formula is C39H49ClO18S3. The van der Waals surface area contributed by atoms with Gasteiger partial charge in [-0.05, 0) is 100.0 Å². The Balaban J connectivity index is 1.95. The summed E-state index contributed by atoms with van der Waals surface area (Å²) in [4.78, 5) is 36.1. The Labute approximate surface area is 360 Å². The van der Waals surface area contributed by atoms with Gasteiger partial charge in [0, 0.05) is 5.92 Å². The fraction of sp³-hybridized carbons (Fsp3) is 0.462. The molecule has 0 aromatic heterocycles. The number of hydrogen-bond acceptors (Lipinski definition) is 15. The minimum atomic E-state index is -4.55. The number of ether oxygens (including phenoxy) is 6. The Morgan fingerprint density at radius 2 is 0.820 bits per heavy atom. The molecule has 3 aromatic rings. The summed E-state index contributed by atoms with van der Waals surface area (Å²) in [6.45, 7) is 6.30. The van der Waals surface area contributed by atoms with Crippen molar-refractivity contribution < 1.29 is 81.7 Å². The molecule has 61 heavy (non-hydrogen) atoms. The van der Waals surface area contributed by atoms with Crippen molar-refractivity contribution in [2.75, 3.05) is 0 Å². The van der Waals surface area contributed by atoms with Gasteiger partial charge in [0.1, 0.15) is 40.4 Å². The molecule has 0 aliphatic heterocycles. The van der Waals surface area contributed by atoms with E-state index < -0.39 is 92.6 Å². The number of unbranched alkanes of at least 4 members (excludes halogenated alkanes) is 7. The number of hydrogen-bond donors (Lipinski definition) is 3. The Morgan fingerprint density at radius 1 is 0.525 bits per heavy atom. The Hall–Kier alpha value is -4.51. The van der Waals surface area contributed by atoms with Crippen molar-refractivity contribution in [1.82, 2.24) is 0 Å². The van der Waals surface area contributed by atoms with Gasteiger partial charge in [0.2, 0.25) is 0 Å². The van der Waals surface area contributed by atoms with Gasteiger partial charge in [-0.25, -0.2) is 14.4 Å². The Bertz CT molecular complexity index is 2150. The van der Waals surface area contributed by atoms with Crippen LogP contribution in [0.15, 0.2) is 87.5 Å². The molecule has 3 aromatic carbocycles. The maximum Gasteiger partial charge on any atom is 0.514 e. The first-order valence-electron chi connectivity index (χ1n) is 19.0. The lowest BCUT2D eigenvalue weighted by Gasteiger charge is -2.44. The van der Waals surface area contributed by atoms with Crippen LogP contribution in [0.2, 0.25) is 0 Å². The number of halogens is 1. The first-order valence-corrected chi connectivity index (χ1v) is 23.7. The average molecular weight is 937 g/mol. The van der Waals surface area contributed by atoms with E-state index in [-0.39, 0.29) is 23.7 Å². The molecule has 0 amide bonds. The summed E-state index contributed by atoms with van der Waals surface area (Å²) in [5, 5.41) is 0. The van der Waals surface area contributed by atoms with Gasteiger partial charge in [-0.3, -0.25) is 13.7 Å². The van der Waals surface area contributed by atoms with Crippen LogP contribution in [0.5, 0.6) is 17.2 Å². The van der Waals surface area contributed by atoms with Crippen LogP contribution in [0.4, 0.5) is 14.4 Å². The lowest BCUT2D eigenvalue weighted by atomic mass is 9.77. The third kappa shape index (κ3) is 16.0. The van der Waals surface area contributed by atoms with Crippen molar-refractivity contribution in [3.63, 3.8) is 0 Å². The number of carbonyl (C=O) groups excluding carboxylic acids is 3. The molecule has 0 heterocycles. The minimum Gasteiger partial charge on any atom is -0.431 e. The molecule has 338 valence electrons. The van der Waals surface area contributed by atoms with Crippen molar-refractivity contribution in [1.29, 1.82) is 0 Å². The Kier molecular flexibility index (Phi) is 18.8. The molecule has 18 nitrogen and oxygen atoms in total. The largest absolute Gasteiger partial charge is 0.514 e. The minimum absolute atomic E-state index is 0.144. The van der Waals surface area contributed by atoms with Crippen molar-refractivity contribution in [3.05, 3.63) is 72.8 Å². The molecule has 0 spiro atoms. The van der Waals surface area contributed by atoms with Gasteiger partial charge in [0.05, 0.1) is 14.7 Å². The fourth-order valence-electron chi connectivity index (χ4n) is 6.35. The number of carbonyl (C=O) groups is 3. The second kappa shape index (κ2) is 22.5. The Morgan fingerprint density at radius 3 is 1.13 bits per heavy atom. The zero-order chi connectivity index (χ0) is 45.6. The van der Waals surface area contributed by atoms with E-state index >= 15 is 0 Å². The van der Waals surface area contributed by atoms with Crippen molar-refractivity contribution in [3.8, 4) is 17.2 Å². The van der Waals surface area contributed by atoms with Crippen LogP contribution in [0, 0.1) is 5.92 Å². The molecule has 0 aliphatic carbocycles. The lowest BCUT2D eigenvalue weighted by Crippen LogP contribution is -2.57. The van der Waals surface area contributed by atoms with E-state index in [1.165, 1.54) is 20.8 Å². The average Bonchev–Trinajstić information content (AvgIpc) is 3.16. The summed E-state index contributed by atoms with van der Waals surface area (Å²) in [6.07, 6.45) is -0.471. The third-order valence-electron chi connectivity index (χ3n) is 9.55. The summed E-state index contributed by atoms with van der Waals surface area (Å²) in [5.74, 6) is -1.53. The molecule has 0 aliphatic rings. The molecule has 0 bridgehead atoms. The van der Waals surface area contributed by atoms with E-state index in [0.717, 1.165) is 111 Å². The van der Waals surface area contributed by atoms with Crippen LogP contribution in [-0.2, 0) is 44.6 Å². The lowest BCUT2D eigenvalue weighted by molar-refractivity contribution is -0.0574. The summed E-state index contributed by atoms with van der Waals surface area (Å²) < 4.78 is 129. The molecule has 0 saturated carbocycles. The number of alkyl halides is 1. The van der Waals surface area contributed by atoms with Gasteiger partial charge in [-0.1, -0.05) is 58.3 Å². The van der Waals surface area contributed by atoms with E-state index in [1.54, 1.807) is 0 Å². The van der Waals surface area contributed by atoms with Gasteiger partial charge < -0.3 is 28.4 Å². The highest BCUT2D eigenvalue weighted by molar-refractivity contribution is 7.86. The monoisotopic (exact) mass is 936 g/mol. The quantitative estimate of drug-likeness (QED) is 0.0212. The number of benzene rings is 3. The molecule has 22 heteroatoms. The van der Waals surface area contributed by atoms with Crippen molar-refractivity contribution in [2.24, 2.45) is 5.92 Å². The van der Waals surface area contributed by atoms with Crippen molar-refractivity contribution >= 4 is 60.4 Å². The second-order valence-electron chi connectivity index (χ2n) is 13.9. The fourth-order valence-corrected chi connectivity index (χ4v) is 8.17. The zero-order valence-electron chi connectivity index (χ0n) is 33.7. The van der Waals surface area contributed by atoms with Crippen LogP contribution in [-0.4, -0.2) is 80.6 Å². The summed E-state index contributed by atoms with van der Waals surface area (Å²) in [5.41, 5.74) is 0. The third-order valence-corrected chi connectivity index (χ3v) is 13.0. The molecule has 0 radical (unpaired) electrons. The van der Waals surface area contributed by atoms with E-state index in [2.05, 4.69) is 6.92 Å². The normalized spacial score (nSPS) is 15.0. The standard InChI is InChI=1S/C39H49ClO18S3/c1-5-6-7-8-9-10-11-12-13-35(26(2)53-36(41)56-29-14-20-32(21-15-29)59(44,45)46)39(40,27(3)54-37(42)57-30-16-22-33(23-17-30)60(47,48)49)28(4)55-38(43)58-31-18-24-34(25-19-31)61(50,51)52/h14-28,35H,5-13H2,1-4H3,(H,44,45,46)(H,47,48,49)(H,50,51,52). The number of rotatable bonds is 22. The smallest absolute Gasteiger partial charge is 0.431 e. The maximum absolute atomic E-state index is 13.2. The van der Waals surface area contributed by atoms with Gasteiger partial charge in [-0.2, -0.15) is 25.3 Å². The van der Waals surface area contributed by atoms with Gasteiger partial charge in [0.15, 0.2) is 0 Å². The van der Waals surface area contributed by atoms with Gasteiger partial charge in [0.25, 0.3) is 30.4 Å². The van der Waals surface area contributed by atoms with Gasteiger partial charge in [-0.15, -0.1) is 11.6 Å². The van der Waals surface area contributed by atoms with E-state index in [0.29, 0.717) is 12.8 Å². The van der Waals surface area contributed by atoms with Crippen LogP contribution < -0.4 is 14.2 Å². The summed E-state index contributed by atoms with van der Waals surface area (Å²) in [7, 11) is -13.6. The highest BCUT2D eigenvalue weighted by Crippen LogP contribution is 2.43. The van der Waals surface area contributed by atoms with E-state index in [1.807, 2.05) is 0 Å². The molecule has 3 N–H and O–H groups in total. The van der Waals surface area contributed by atoms with E-state index in [4.69, 9.17) is 40.0 Å². The zero-order valence-corrected chi connectivity index (χ0v) is 36.9. The van der Waals surface area contributed by atoms with Crippen molar-refractivity contribution in [2.45, 2.75) is 123 Å². The highest BCUT2D eigenvalue weighted by atomic mass is 35.5. The molecule has 4 atom stereocenters. The molecular weight excluding hydrogens is 888 g/mol. The first kappa shape index (κ1) is 50.8. The first-order chi connectivity index (χ1) is 28.4. The second-order valence-corrected chi connectivity index (χ2v) is 18.9. The predicted octanol–water partition coefficient (Wildman–Crippen LogP) is 8.66. The molecule has 0 saturated heterocycles. The van der Waals surface area contributed by atoms with Crippen LogP contribution in [0.3, 0.4) is 0 Å². The topological polar surface area (TPSA) is 270 Å². The highest BCUT2D eigenvalue weighted by Gasteiger charge is 2.53. The van der Waals surface area contributed by atoms with E-state index in [9.17, 15) is 53.3 Å². The van der Waals surface area contributed by atoms with Gasteiger partial charge >= 0.3 is 18.5 Å². The van der Waals surface area contributed by atoms with Crippen LogP contribution in [0.25, 0.3) is 0 Å². The molecule has 4 unspecified atom stereocenters. The predicted molar refractivity (Wildman–Crippen MR) is 218 cm³/mol. The van der Waals surface area contributed by atoms with Crippen LogP contribution in [0.1, 0.15) is 85.5 Å². The summed E-state index contributed by atoms with van der Waals surface area (Å²) >= 11 is 7.47. The SMILES string of the molecule is CCCCCCCCCCC(C(C)OC(=O)Oc1ccc(S(=O)(=O)O)cc1)C(Cl)(C(C)OC(=O)Oc1ccc(S(=O)(=O)O)cc1)C(C)OC(=O)Oc1ccc(S(=O)(=O)O)cc1. The van der Waals surface area contributed by atoms with Crippen LogP contribution >= 0.6 is 11.6 Å². The molecule has 0 fully saturated rings. The molecule has 3 rings (SSSR count).